The Morgan fingerprint density at radius 1 is 1.00 bits per heavy atom. The fraction of sp³-hybridized carbons (Fsp3) is 0.370. The van der Waals surface area contributed by atoms with E-state index in [1.807, 2.05) is 18.2 Å². The number of aryl methyl sites for hydroxylation is 2. The number of aliphatic hydroxyl groups excluding tert-OH is 1. The molecular weight excluding hydrogens is 436 g/mol. The summed E-state index contributed by atoms with van der Waals surface area (Å²) in [6.45, 7) is 0.00166. The van der Waals surface area contributed by atoms with Gasteiger partial charge in [-0.05, 0) is 54.0 Å². The summed E-state index contributed by atoms with van der Waals surface area (Å²) < 4.78 is 26.8. The molecule has 34 heavy (non-hydrogen) atoms. The topological polar surface area (TPSA) is 75.1 Å². The Morgan fingerprint density at radius 3 is 2.56 bits per heavy atom. The first-order valence-corrected chi connectivity index (χ1v) is 11.9. The lowest BCUT2D eigenvalue weighted by Gasteiger charge is -2.22. The number of halogens is 2. The molecule has 3 aromatic rings. The number of aromatic nitrogens is 2. The van der Waals surface area contributed by atoms with E-state index in [9.17, 15) is 18.7 Å². The van der Waals surface area contributed by atoms with Gasteiger partial charge in [0.15, 0.2) is 17.5 Å². The van der Waals surface area contributed by atoms with Gasteiger partial charge in [0, 0.05) is 5.56 Å². The molecule has 1 aromatic heterocycles. The average molecular weight is 464 g/mol. The molecule has 7 heteroatoms. The summed E-state index contributed by atoms with van der Waals surface area (Å²) in [5, 5.41) is 12.4. The van der Waals surface area contributed by atoms with E-state index in [2.05, 4.69) is 5.32 Å². The molecule has 2 aromatic carbocycles. The van der Waals surface area contributed by atoms with Gasteiger partial charge in [-0.2, -0.15) is 0 Å². The average Bonchev–Trinajstić information content (AvgIpc) is 3.34. The number of nitrogens with zero attached hydrogens (tertiary/aromatic N) is 2. The smallest absolute Gasteiger partial charge is 0.229 e. The SMILES string of the molecule is O=C(Cc1ccc(F)c(F)c1)Nc1nc2c(nc1CC1CCCC1)-c1ccc(CO)cc1CC2. The summed E-state index contributed by atoms with van der Waals surface area (Å²) in [5.41, 5.74) is 5.90. The van der Waals surface area contributed by atoms with Crippen LogP contribution in [0.25, 0.3) is 11.3 Å². The van der Waals surface area contributed by atoms with Crippen LogP contribution in [-0.4, -0.2) is 21.0 Å². The minimum atomic E-state index is -0.969. The van der Waals surface area contributed by atoms with Crippen molar-refractivity contribution in [2.24, 2.45) is 5.92 Å². The maximum Gasteiger partial charge on any atom is 0.229 e. The fourth-order valence-electron chi connectivity index (χ4n) is 5.07. The van der Waals surface area contributed by atoms with Gasteiger partial charge in [-0.15, -0.1) is 0 Å². The number of anilines is 1. The Balaban J connectivity index is 1.45. The number of hydrogen-bond donors (Lipinski definition) is 2. The van der Waals surface area contributed by atoms with E-state index in [4.69, 9.17) is 9.97 Å². The first kappa shape index (κ1) is 22.6. The highest BCUT2D eigenvalue weighted by molar-refractivity contribution is 5.92. The van der Waals surface area contributed by atoms with E-state index in [0.29, 0.717) is 23.7 Å². The van der Waals surface area contributed by atoms with E-state index >= 15 is 0 Å². The number of carbonyl (C=O) groups excluding carboxylic acids is 1. The standard InChI is InChI=1S/C27H27F2N3O2/c28-21-9-6-17(12-22(21)29)14-25(34)32-27-24(13-16-3-1-2-4-16)30-26-20-8-5-18(15-33)11-19(20)7-10-23(26)31-27/h5-6,8-9,11-12,16,33H,1-4,7,10,13-15H2,(H,31,32,34). The van der Waals surface area contributed by atoms with Crippen LogP contribution in [0.3, 0.4) is 0 Å². The molecule has 0 spiro atoms. The van der Waals surface area contributed by atoms with Crippen LogP contribution in [0.2, 0.25) is 0 Å². The van der Waals surface area contributed by atoms with Gasteiger partial charge in [-0.25, -0.2) is 18.7 Å². The Kier molecular flexibility index (Phi) is 6.37. The lowest BCUT2D eigenvalue weighted by Crippen LogP contribution is -2.20. The van der Waals surface area contributed by atoms with Gasteiger partial charge in [-0.3, -0.25) is 4.79 Å². The predicted molar refractivity (Wildman–Crippen MR) is 125 cm³/mol. The van der Waals surface area contributed by atoms with E-state index in [1.54, 1.807) is 0 Å². The van der Waals surface area contributed by atoms with Crippen LogP contribution in [0.4, 0.5) is 14.6 Å². The number of benzene rings is 2. The Bertz CT molecular complexity index is 1240. The minimum Gasteiger partial charge on any atom is -0.392 e. The van der Waals surface area contributed by atoms with Gasteiger partial charge < -0.3 is 10.4 Å². The van der Waals surface area contributed by atoms with Crippen LogP contribution in [0, 0.1) is 17.6 Å². The summed E-state index contributed by atoms with van der Waals surface area (Å²) in [6, 6.07) is 9.41. The number of carbonyl (C=O) groups is 1. The van der Waals surface area contributed by atoms with Crippen LogP contribution in [0.5, 0.6) is 0 Å². The fourth-order valence-corrected chi connectivity index (χ4v) is 5.07. The van der Waals surface area contributed by atoms with Gasteiger partial charge >= 0.3 is 0 Å². The molecule has 0 bridgehead atoms. The zero-order valence-corrected chi connectivity index (χ0v) is 18.9. The zero-order chi connectivity index (χ0) is 23.7. The van der Waals surface area contributed by atoms with E-state index in [1.165, 1.54) is 18.9 Å². The van der Waals surface area contributed by atoms with Crippen LogP contribution < -0.4 is 5.32 Å². The number of fused-ring (bicyclic) bond motifs is 3. The molecule has 2 N–H and O–H groups in total. The van der Waals surface area contributed by atoms with Crippen LogP contribution in [-0.2, 0) is 37.1 Å². The van der Waals surface area contributed by atoms with Crippen LogP contribution >= 0.6 is 0 Å². The summed E-state index contributed by atoms with van der Waals surface area (Å²) in [5.74, 6) is -1.27. The highest BCUT2D eigenvalue weighted by Crippen LogP contribution is 2.35. The molecule has 2 aliphatic rings. The molecule has 1 fully saturated rings. The molecule has 176 valence electrons. The predicted octanol–water partition coefficient (Wildman–Crippen LogP) is 4.93. The monoisotopic (exact) mass is 463 g/mol. The molecule has 1 heterocycles. The first-order valence-electron chi connectivity index (χ1n) is 11.9. The maximum absolute atomic E-state index is 13.6. The normalized spacial score (nSPS) is 15.1. The summed E-state index contributed by atoms with van der Waals surface area (Å²) in [7, 11) is 0. The highest BCUT2D eigenvalue weighted by atomic mass is 19.2. The third-order valence-corrected chi connectivity index (χ3v) is 6.84. The number of aliphatic hydroxyl groups is 1. The molecule has 0 radical (unpaired) electrons. The van der Waals surface area contributed by atoms with Crippen molar-refractivity contribution in [2.45, 2.75) is 58.0 Å². The van der Waals surface area contributed by atoms with E-state index < -0.39 is 11.6 Å². The molecule has 1 saturated carbocycles. The van der Waals surface area contributed by atoms with E-state index in [0.717, 1.165) is 71.6 Å². The Morgan fingerprint density at radius 2 is 1.79 bits per heavy atom. The van der Waals surface area contributed by atoms with Gasteiger partial charge in [0.25, 0.3) is 0 Å². The number of nitrogens with one attached hydrogen (secondary N) is 1. The molecule has 0 unspecified atom stereocenters. The lowest BCUT2D eigenvalue weighted by molar-refractivity contribution is -0.115. The van der Waals surface area contributed by atoms with Crippen molar-refractivity contribution in [3.05, 3.63) is 76.1 Å². The largest absolute Gasteiger partial charge is 0.392 e. The summed E-state index contributed by atoms with van der Waals surface area (Å²) in [6.07, 6.45) is 6.82. The highest BCUT2D eigenvalue weighted by Gasteiger charge is 2.25. The molecule has 2 aliphatic carbocycles. The van der Waals surface area contributed by atoms with Crippen LogP contribution in [0.15, 0.2) is 36.4 Å². The van der Waals surface area contributed by atoms with Crippen LogP contribution in [0.1, 0.15) is 53.8 Å². The van der Waals surface area contributed by atoms with Crippen molar-refractivity contribution in [1.29, 1.82) is 0 Å². The minimum absolute atomic E-state index is 0.00166. The number of hydrogen-bond acceptors (Lipinski definition) is 4. The number of rotatable bonds is 6. The second kappa shape index (κ2) is 9.58. The second-order valence-corrected chi connectivity index (χ2v) is 9.29. The molecular formula is C27H27F2N3O2. The molecule has 5 rings (SSSR count). The zero-order valence-electron chi connectivity index (χ0n) is 18.9. The third kappa shape index (κ3) is 4.71. The van der Waals surface area contributed by atoms with Crippen molar-refractivity contribution < 1.29 is 18.7 Å². The van der Waals surface area contributed by atoms with Gasteiger partial charge in [0.1, 0.15) is 0 Å². The molecule has 1 amide bonds. The second-order valence-electron chi connectivity index (χ2n) is 9.29. The van der Waals surface area contributed by atoms with Crippen molar-refractivity contribution in [2.75, 3.05) is 5.32 Å². The van der Waals surface area contributed by atoms with Crippen molar-refractivity contribution >= 4 is 11.7 Å². The summed E-state index contributed by atoms with van der Waals surface area (Å²) >= 11 is 0. The Hall–Kier alpha value is -3.19. The quantitative estimate of drug-likeness (QED) is 0.544. The molecule has 0 aliphatic heterocycles. The van der Waals surface area contributed by atoms with Gasteiger partial charge in [-0.1, -0.05) is 49.9 Å². The van der Waals surface area contributed by atoms with Crippen molar-refractivity contribution in [3.8, 4) is 11.3 Å². The van der Waals surface area contributed by atoms with Crippen molar-refractivity contribution in [1.82, 2.24) is 9.97 Å². The maximum atomic E-state index is 13.6. The molecule has 0 saturated heterocycles. The Labute approximate surface area is 197 Å². The third-order valence-electron chi connectivity index (χ3n) is 6.84. The first-order chi connectivity index (χ1) is 16.5. The van der Waals surface area contributed by atoms with Crippen molar-refractivity contribution in [3.63, 3.8) is 0 Å². The van der Waals surface area contributed by atoms with E-state index in [-0.39, 0.29) is 18.9 Å². The number of amides is 1. The molecule has 5 nitrogen and oxygen atoms in total. The van der Waals surface area contributed by atoms with Gasteiger partial charge in [0.05, 0.1) is 30.1 Å². The van der Waals surface area contributed by atoms with Gasteiger partial charge in [0.2, 0.25) is 5.91 Å². The summed E-state index contributed by atoms with van der Waals surface area (Å²) in [4.78, 5) is 22.6. The molecule has 0 atom stereocenters. The lowest BCUT2D eigenvalue weighted by atomic mass is 9.90.